The minimum atomic E-state index is -3.45. The molecule has 1 fully saturated rings. The highest BCUT2D eigenvalue weighted by Crippen LogP contribution is 2.30. The van der Waals surface area contributed by atoms with Crippen molar-refractivity contribution in [1.82, 2.24) is 9.62 Å². The van der Waals surface area contributed by atoms with E-state index in [-0.39, 0.29) is 23.0 Å². The number of benzene rings is 1. The summed E-state index contributed by atoms with van der Waals surface area (Å²) in [6.07, 6.45) is 7.52. The Balaban J connectivity index is 1.83. The van der Waals surface area contributed by atoms with Crippen molar-refractivity contribution < 1.29 is 13.2 Å². The molecule has 2 N–H and O–H groups in total. The van der Waals surface area contributed by atoms with Gasteiger partial charge in [0.05, 0.1) is 4.90 Å². The number of urea groups is 1. The van der Waals surface area contributed by atoms with Crippen LogP contribution in [0.4, 0.5) is 10.5 Å². The lowest BCUT2D eigenvalue weighted by Gasteiger charge is -2.17. The molecule has 0 heterocycles. The first-order valence-electron chi connectivity index (χ1n) is 9.50. The highest BCUT2D eigenvalue weighted by molar-refractivity contribution is 7.89. The lowest BCUT2D eigenvalue weighted by Crippen LogP contribution is -2.36. The van der Waals surface area contributed by atoms with Gasteiger partial charge in [0.1, 0.15) is 0 Å². The second-order valence-corrected chi connectivity index (χ2v) is 9.12. The van der Waals surface area contributed by atoms with Crippen LogP contribution in [-0.4, -0.2) is 37.9 Å². The normalized spacial score (nSPS) is 15.7. The molecule has 6 nitrogen and oxygen atoms in total. The van der Waals surface area contributed by atoms with Crippen molar-refractivity contribution in [2.45, 2.75) is 75.8 Å². The number of hydrogen-bond donors (Lipinski definition) is 2. The molecule has 1 aliphatic rings. The van der Waals surface area contributed by atoms with Crippen molar-refractivity contribution in [2.75, 3.05) is 12.4 Å². The smallest absolute Gasteiger partial charge is 0.319 e. The number of carbonyl (C=O) groups is 1. The SMILES string of the molecule is CCCCCCC(C)NC(=O)Nc1ccc(S(=O)(=O)N(C)C2CC2)cc1. The van der Waals surface area contributed by atoms with E-state index >= 15 is 0 Å². The number of nitrogens with zero attached hydrogens (tertiary/aromatic N) is 1. The summed E-state index contributed by atoms with van der Waals surface area (Å²) >= 11 is 0. The molecule has 1 unspecified atom stereocenters. The van der Waals surface area contributed by atoms with Gasteiger partial charge in [-0.3, -0.25) is 0 Å². The third kappa shape index (κ3) is 5.99. The maximum absolute atomic E-state index is 12.5. The summed E-state index contributed by atoms with van der Waals surface area (Å²) in [5, 5.41) is 5.67. The molecule has 0 spiro atoms. The Kier molecular flexibility index (Phi) is 7.46. The fourth-order valence-electron chi connectivity index (χ4n) is 2.85. The van der Waals surface area contributed by atoms with Gasteiger partial charge in [-0.1, -0.05) is 32.6 Å². The minimum Gasteiger partial charge on any atom is -0.335 e. The monoisotopic (exact) mass is 381 g/mol. The summed E-state index contributed by atoms with van der Waals surface area (Å²) in [5.74, 6) is 0. The van der Waals surface area contributed by atoms with Crippen molar-refractivity contribution in [2.24, 2.45) is 0 Å². The lowest BCUT2D eigenvalue weighted by molar-refractivity contribution is 0.248. The molecule has 26 heavy (non-hydrogen) atoms. The summed E-state index contributed by atoms with van der Waals surface area (Å²) < 4.78 is 26.4. The van der Waals surface area contributed by atoms with E-state index in [0.717, 1.165) is 25.7 Å². The lowest BCUT2D eigenvalue weighted by atomic mass is 10.1. The Hall–Kier alpha value is -1.60. The molecule has 1 aromatic rings. The van der Waals surface area contributed by atoms with Crippen LogP contribution in [0, 0.1) is 0 Å². The fraction of sp³-hybridized carbons (Fsp3) is 0.632. The predicted octanol–water partition coefficient (Wildman–Crippen LogP) is 3.95. The average Bonchev–Trinajstić information content (AvgIpc) is 3.43. The van der Waals surface area contributed by atoms with Crippen LogP contribution in [0.3, 0.4) is 0 Å². The summed E-state index contributed by atoms with van der Waals surface area (Å²) in [7, 11) is -1.83. The number of hydrogen-bond acceptors (Lipinski definition) is 3. The molecular weight excluding hydrogens is 350 g/mol. The highest BCUT2D eigenvalue weighted by Gasteiger charge is 2.34. The van der Waals surface area contributed by atoms with Crippen LogP contribution in [0.1, 0.15) is 58.8 Å². The van der Waals surface area contributed by atoms with E-state index in [1.807, 2.05) is 6.92 Å². The van der Waals surface area contributed by atoms with Gasteiger partial charge in [-0.05, 0) is 50.5 Å². The molecule has 7 heteroatoms. The fourth-order valence-corrected chi connectivity index (χ4v) is 4.27. The number of rotatable bonds is 10. The molecule has 0 aliphatic heterocycles. The van der Waals surface area contributed by atoms with Crippen molar-refractivity contribution in [3.8, 4) is 0 Å². The Morgan fingerprint density at radius 2 is 1.85 bits per heavy atom. The van der Waals surface area contributed by atoms with Gasteiger partial charge in [0, 0.05) is 24.8 Å². The quantitative estimate of drug-likeness (QED) is 0.602. The Bertz CT molecular complexity index is 684. The van der Waals surface area contributed by atoms with Gasteiger partial charge in [0.25, 0.3) is 0 Å². The first-order chi connectivity index (χ1) is 12.3. The second kappa shape index (κ2) is 9.37. The zero-order chi connectivity index (χ0) is 19.2. The van der Waals surface area contributed by atoms with Crippen LogP contribution in [-0.2, 0) is 10.0 Å². The molecule has 1 atom stereocenters. The van der Waals surface area contributed by atoms with Crippen molar-refractivity contribution in [3.63, 3.8) is 0 Å². The Morgan fingerprint density at radius 3 is 2.42 bits per heavy atom. The van der Waals surface area contributed by atoms with Crippen LogP contribution >= 0.6 is 0 Å². The summed E-state index contributed by atoms with van der Waals surface area (Å²) in [5.41, 5.74) is 0.578. The third-order valence-corrected chi connectivity index (χ3v) is 6.64. The first kappa shape index (κ1) is 20.7. The van der Waals surface area contributed by atoms with E-state index in [9.17, 15) is 13.2 Å². The largest absolute Gasteiger partial charge is 0.335 e. The van der Waals surface area contributed by atoms with Gasteiger partial charge in [-0.15, -0.1) is 0 Å². The van der Waals surface area contributed by atoms with Crippen LogP contribution in [0.5, 0.6) is 0 Å². The molecule has 146 valence electrons. The van der Waals surface area contributed by atoms with E-state index in [1.54, 1.807) is 19.2 Å². The number of anilines is 1. The molecule has 1 aliphatic carbocycles. The van der Waals surface area contributed by atoms with Gasteiger partial charge >= 0.3 is 6.03 Å². The highest BCUT2D eigenvalue weighted by atomic mass is 32.2. The molecule has 2 amide bonds. The van der Waals surface area contributed by atoms with Gasteiger partial charge in [0.2, 0.25) is 10.0 Å². The standard InChI is InChI=1S/C19H31N3O3S/c1-4-5-6-7-8-15(2)20-19(23)21-16-9-13-18(14-10-16)26(24,25)22(3)17-11-12-17/h9-10,13-15,17H,4-8,11-12H2,1-3H3,(H2,20,21,23). The zero-order valence-corrected chi connectivity index (χ0v) is 16.8. The van der Waals surface area contributed by atoms with Crippen LogP contribution in [0.25, 0.3) is 0 Å². The summed E-state index contributed by atoms with van der Waals surface area (Å²) in [6, 6.07) is 6.30. The molecular formula is C19H31N3O3S. The van der Waals surface area contributed by atoms with E-state index in [4.69, 9.17) is 0 Å². The van der Waals surface area contributed by atoms with Crippen LogP contribution in [0.15, 0.2) is 29.2 Å². The molecule has 0 aromatic heterocycles. The number of sulfonamides is 1. The zero-order valence-electron chi connectivity index (χ0n) is 16.0. The van der Waals surface area contributed by atoms with Crippen LogP contribution in [0.2, 0.25) is 0 Å². The van der Waals surface area contributed by atoms with Crippen molar-refractivity contribution >= 4 is 21.7 Å². The average molecular weight is 382 g/mol. The van der Waals surface area contributed by atoms with Gasteiger partial charge in [-0.2, -0.15) is 4.31 Å². The predicted molar refractivity (Wildman–Crippen MR) is 105 cm³/mol. The Morgan fingerprint density at radius 1 is 1.19 bits per heavy atom. The van der Waals surface area contributed by atoms with E-state index in [0.29, 0.717) is 5.69 Å². The van der Waals surface area contributed by atoms with Crippen LogP contribution < -0.4 is 10.6 Å². The van der Waals surface area contributed by atoms with Gasteiger partial charge in [0.15, 0.2) is 0 Å². The number of unbranched alkanes of at least 4 members (excludes halogenated alkanes) is 3. The molecule has 2 rings (SSSR count). The van der Waals surface area contributed by atoms with E-state index in [2.05, 4.69) is 17.6 Å². The summed E-state index contributed by atoms with van der Waals surface area (Å²) in [6.45, 7) is 4.17. The van der Waals surface area contributed by atoms with Gasteiger partial charge < -0.3 is 10.6 Å². The molecule has 0 saturated heterocycles. The second-order valence-electron chi connectivity index (χ2n) is 7.13. The number of carbonyl (C=O) groups excluding carboxylic acids is 1. The first-order valence-corrected chi connectivity index (χ1v) is 10.9. The minimum absolute atomic E-state index is 0.110. The Labute approximate surface area is 157 Å². The third-order valence-electron chi connectivity index (χ3n) is 4.72. The molecule has 1 aromatic carbocycles. The molecule has 0 bridgehead atoms. The van der Waals surface area contributed by atoms with E-state index < -0.39 is 10.0 Å². The molecule has 1 saturated carbocycles. The van der Waals surface area contributed by atoms with Crippen molar-refractivity contribution in [3.05, 3.63) is 24.3 Å². The van der Waals surface area contributed by atoms with Gasteiger partial charge in [-0.25, -0.2) is 13.2 Å². The van der Waals surface area contributed by atoms with Crippen molar-refractivity contribution in [1.29, 1.82) is 0 Å². The molecule has 0 radical (unpaired) electrons. The summed E-state index contributed by atoms with van der Waals surface area (Å²) in [4.78, 5) is 12.3. The topological polar surface area (TPSA) is 78.5 Å². The number of nitrogens with one attached hydrogen (secondary N) is 2. The maximum Gasteiger partial charge on any atom is 0.319 e. The maximum atomic E-state index is 12.5. The number of amides is 2. The van der Waals surface area contributed by atoms with E-state index in [1.165, 1.54) is 35.7 Å².